The molecule has 1 aliphatic rings. The summed E-state index contributed by atoms with van der Waals surface area (Å²) in [5.41, 5.74) is 4.04. The van der Waals surface area contributed by atoms with E-state index < -0.39 is 0 Å². The van der Waals surface area contributed by atoms with Gasteiger partial charge in [0.2, 0.25) is 0 Å². The van der Waals surface area contributed by atoms with Gasteiger partial charge >= 0.3 is 0 Å². The fraction of sp³-hybridized carbons (Fsp3) is 0.800. The summed E-state index contributed by atoms with van der Waals surface area (Å²) in [5.74, 6) is 6.30. The van der Waals surface area contributed by atoms with Crippen molar-refractivity contribution in [1.29, 1.82) is 0 Å². The summed E-state index contributed by atoms with van der Waals surface area (Å²) in [5, 5.41) is 4.24. The monoisotopic (exact) mass is 226 g/mol. The lowest BCUT2D eigenvalue weighted by atomic mass is 9.89. The predicted molar refractivity (Wildman–Crippen MR) is 61.4 cm³/mol. The average molecular weight is 226 g/mol. The van der Waals surface area contributed by atoms with Crippen LogP contribution in [-0.4, -0.2) is 9.59 Å². The smallest absolute Gasteiger partial charge is 0.0857 e. The minimum Gasteiger partial charge on any atom is -0.271 e. The molecule has 0 radical (unpaired) electrons. The zero-order valence-electron chi connectivity index (χ0n) is 9.45. The molecule has 84 valence electrons. The highest BCUT2D eigenvalue weighted by atomic mass is 32.1. The van der Waals surface area contributed by atoms with Crippen molar-refractivity contribution in [2.24, 2.45) is 11.8 Å². The minimum absolute atomic E-state index is 0.0479. The highest BCUT2D eigenvalue weighted by molar-refractivity contribution is 7.05. The molecule has 0 saturated heterocycles. The van der Waals surface area contributed by atoms with Crippen LogP contribution in [0, 0.1) is 5.92 Å². The Kier molecular flexibility index (Phi) is 2.79. The van der Waals surface area contributed by atoms with Gasteiger partial charge in [0.05, 0.1) is 16.6 Å². The number of nitrogens with zero attached hydrogens (tertiary/aromatic N) is 2. The molecule has 1 atom stereocenters. The number of hydrogen-bond donors (Lipinski definition) is 2. The van der Waals surface area contributed by atoms with Crippen molar-refractivity contribution in [3.63, 3.8) is 0 Å². The van der Waals surface area contributed by atoms with Crippen LogP contribution in [0.5, 0.6) is 0 Å². The molecule has 0 amide bonds. The quantitative estimate of drug-likeness (QED) is 0.609. The third-order valence-corrected chi connectivity index (χ3v) is 3.59. The van der Waals surface area contributed by atoms with Crippen molar-refractivity contribution in [2.45, 2.75) is 45.1 Å². The molecule has 1 aliphatic carbocycles. The van der Waals surface area contributed by atoms with E-state index in [-0.39, 0.29) is 11.5 Å². The normalized spacial score (nSPS) is 19.2. The van der Waals surface area contributed by atoms with Crippen LogP contribution in [-0.2, 0) is 5.41 Å². The topological polar surface area (TPSA) is 63.8 Å². The van der Waals surface area contributed by atoms with E-state index in [1.54, 1.807) is 0 Å². The zero-order valence-corrected chi connectivity index (χ0v) is 10.3. The molecule has 1 heterocycles. The van der Waals surface area contributed by atoms with Gasteiger partial charge in [0.15, 0.2) is 0 Å². The molecule has 1 unspecified atom stereocenters. The van der Waals surface area contributed by atoms with E-state index in [9.17, 15) is 0 Å². The molecule has 0 bridgehead atoms. The Hall–Kier alpha value is -0.520. The lowest BCUT2D eigenvalue weighted by molar-refractivity contribution is 0.480. The number of rotatable bonds is 3. The van der Waals surface area contributed by atoms with E-state index in [2.05, 4.69) is 35.8 Å². The second kappa shape index (κ2) is 3.81. The molecule has 3 N–H and O–H groups in total. The third kappa shape index (κ3) is 2.19. The van der Waals surface area contributed by atoms with Crippen LogP contribution in [0.1, 0.15) is 50.2 Å². The fourth-order valence-corrected chi connectivity index (χ4v) is 2.79. The molecule has 15 heavy (non-hydrogen) atoms. The van der Waals surface area contributed by atoms with Gasteiger partial charge in [0.1, 0.15) is 0 Å². The van der Waals surface area contributed by atoms with Crippen LogP contribution in [0.4, 0.5) is 0 Å². The standard InChI is InChI=1S/C10H18N4S/c1-10(2,3)9-8(15-14-13-9)7(12-11)6-4-5-6/h6-7,12H,4-5,11H2,1-3H3. The van der Waals surface area contributed by atoms with Crippen LogP contribution >= 0.6 is 11.5 Å². The molecule has 0 aliphatic heterocycles. The summed E-state index contributed by atoms with van der Waals surface area (Å²) in [6.07, 6.45) is 2.52. The summed E-state index contributed by atoms with van der Waals surface area (Å²) < 4.78 is 4.06. The van der Waals surface area contributed by atoms with E-state index in [0.29, 0.717) is 5.92 Å². The molecule has 1 aromatic heterocycles. The summed E-state index contributed by atoms with van der Waals surface area (Å²) in [6, 6.07) is 0.249. The highest BCUT2D eigenvalue weighted by Gasteiger charge is 2.36. The van der Waals surface area contributed by atoms with Gasteiger partial charge in [-0.25, -0.2) is 0 Å². The van der Waals surface area contributed by atoms with Gasteiger partial charge in [-0.3, -0.25) is 11.3 Å². The minimum atomic E-state index is 0.0479. The van der Waals surface area contributed by atoms with Crippen molar-refractivity contribution in [2.75, 3.05) is 0 Å². The molecule has 4 nitrogen and oxygen atoms in total. The predicted octanol–water partition coefficient (Wildman–Crippen LogP) is 1.75. The van der Waals surface area contributed by atoms with Gasteiger partial charge in [-0.2, -0.15) is 0 Å². The summed E-state index contributed by atoms with van der Waals surface area (Å²) in [4.78, 5) is 1.22. The van der Waals surface area contributed by atoms with E-state index >= 15 is 0 Å². The Balaban J connectivity index is 2.30. The number of nitrogens with one attached hydrogen (secondary N) is 1. The first kappa shape index (κ1) is 11.0. The van der Waals surface area contributed by atoms with Gasteiger partial charge in [-0.1, -0.05) is 25.3 Å². The molecule has 0 aromatic carbocycles. The largest absolute Gasteiger partial charge is 0.271 e. The van der Waals surface area contributed by atoms with Crippen LogP contribution in [0.15, 0.2) is 0 Å². The van der Waals surface area contributed by atoms with Gasteiger partial charge < -0.3 is 0 Å². The molecule has 5 heteroatoms. The maximum absolute atomic E-state index is 5.62. The Morgan fingerprint density at radius 2 is 2.13 bits per heavy atom. The van der Waals surface area contributed by atoms with Gasteiger partial charge in [-0.15, -0.1) is 5.10 Å². The van der Waals surface area contributed by atoms with Crippen molar-refractivity contribution < 1.29 is 0 Å². The van der Waals surface area contributed by atoms with Crippen molar-refractivity contribution in [1.82, 2.24) is 15.0 Å². The Morgan fingerprint density at radius 1 is 1.47 bits per heavy atom. The molecule has 1 saturated carbocycles. The Morgan fingerprint density at radius 3 is 2.60 bits per heavy atom. The Labute approximate surface area is 94.4 Å². The molecule has 1 aromatic rings. The summed E-state index contributed by atoms with van der Waals surface area (Å²) >= 11 is 1.47. The van der Waals surface area contributed by atoms with Gasteiger partial charge in [0, 0.05) is 5.41 Å². The maximum atomic E-state index is 5.62. The maximum Gasteiger partial charge on any atom is 0.0857 e. The first-order chi connectivity index (χ1) is 7.04. The van der Waals surface area contributed by atoms with E-state index in [0.717, 1.165) is 5.69 Å². The van der Waals surface area contributed by atoms with Gasteiger partial charge in [-0.05, 0) is 30.3 Å². The van der Waals surface area contributed by atoms with Crippen molar-refractivity contribution in [3.8, 4) is 0 Å². The highest BCUT2D eigenvalue weighted by Crippen LogP contribution is 2.43. The number of nitrogens with two attached hydrogens (primary N) is 1. The van der Waals surface area contributed by atoms with Crippen molar-refractivity contribution in [3.05, 3.63) is 10.6 Å². The third-order valence-electron chi connectivity index (χ3n) is 2.78. The number of hydrogen-bond acceptors (Lipinski definition) is 5. The first-order valence-corrected chi connectivity index (χ1v) is 6.10. The van der Waals surface area contributed by atoms with Gasteiger partial charge in [0.25, 0.3) is 0 Å². The first-order valence-electron chi connectivity index (χ1n) is 5.33. The van der Waals surface area contributed by atoms with E-state index in [1.807, 2.05) is 0 Å². The van der Waals surface area contributed by atoms with E-state index in [1.165, 1.54) is 29.3 Å². The number of hydrazine groups is 1. The van der Waals surface area contributed by atoms with Crippen LogP contribution in [0.3, 0.4) is 0 Å². The second-order valence-electron chi connectivity index (χ2n) is 5.22. The zero-order chi connectivity index (χ0) is 11.1. The molecular weight excluding hydrogens is 208 g/mol. The van der Waals surface area contributed by atoms with Crippen molar-refractivity contribution >= 4 is 11.5 Å². The lowest BCUT2D eigenvalue weighted by Gasteiger charge is -2.20. The van der Waals surface area contributed by atoms with Crippen LogP contribution in [0.2, 0.25) is 0 Å². The SMILES string of the molecule is CC(C)(C)c1nnsc1C(NN)C1CC1. The van der Waals surface area contributed by atoms with Crippen LogP contribution in [0.25, 0.3) is 0 Å². The fourth-order valence-electron chi connectivity index (χ4n) is 1.78. The number of aromatic nitrogens is 2. The Bertz CT molecular complexity index is 337. The average Bonchev–Trinajstić information content (AvgIpc) is 2.82. The summed E-state index contributed by atoms with van der Waals surface area (Å²) in [6.45, 7) is 6.48. The summed E-state index contributed by atoms with van der Waals surface area (Å²) in [7, 11) is 0. The van der Waals surface area contributed by atoms with Crippen LogP contribution < -0.4 is 11.3 Å². The lowest BCUT2D eigenvalue weighted by Crippen LogP contribution is -2.30. The second-order valence-corrected chi connectivity index (χ2v) is 6.00. The molecular formula is C10H18N4S. The molecule has 0 spiro atoms. The van der Waals surface area contributed by atoms with E-state index in [4.69, 9.17) is 5.84 Å². The molecule has 2 rings (SSSR count). The molecule has 1 fully saturated rings.